The number of rotatable bonds is 6. The van der Waals surface area contributed by atoms with Crippen molar-refractivity contribution in [1.82, 2.24) is 10.6 Å². The summed E-state index contributed by atoms with van der Waals surface area (Å²) in [6.45, 7) is 6.70. The van der Waals surface area contributed by atoms with Crippen molar-refractivity contribution in [2.45, 2.75) is 51.7 Å². The first-order valence-electron chi connectivity index (χ1n) is 6.38. The van der Waals surface area contributed by atoms with E-state index in [-0.39, 0.29) is 18.1 Å². The average molecular weight is 228 g/mol. The molecule has 0 bridgehead atoms. The van der Waals surface area contributed by atoms with E-state index < -0.39 is 0 Å². The van der Waals surface area contributed by atoms with Crippen LogP contribution in [0.3, 0.4) is 0 Å². The molecule has 16 heavy (non-hydrogen) atoms. The molecule has 1 unspecified atom stereocenters. The van der Waals surface area contributed by atoms with Crippen LogP contribution in [0.5, 0.6) is 0 Å². The molecule has 94 valence electrons. The van der Waals surface area contributed by atoms with Gasteiger partial charge in [0.2, 0.25) is 5.91 Å². The number of hydrogen-bond donors (Lipinski definition) is 2. The van der Waals surface area contributed by atoms with Gasteiger partial charge >= 0.3 is 0 Å². The Morgan fingerprint density at radius 3 is 2.81 bits per heavy atom. The first kappa shape index (κ1) is 13.5. The highest BCUT2D eigenvalue weighted by molar-refractivity contribution is 5.80. The third-order valence-corrected chi connectivity index (χ3v) is 2.88. The maximum atomic E-state index is 11.6. The van der Waals surface area contributed by atoms with Crippen LogP contribution in [-0.2, 0) is 9.53 Å². The summed E-state index contributed by atoms with van der Waals surface area (Å²) in [5.74, 6) is 0.0204. The van der Waals surface area contributed by atoms with Gasteiger partial charge in [0.1, 0.15) is 6.10 Å². The summed E-state index contributed by atoms with van der Waals surface area (Å²) >= 11 is 0. The molecular formula is C12H24N2O2. The molecule has 0 aliphatic carbocycles. The SMILES string of the molecule is CCCCNC(=O)C(C)OC1CCNCC1. The van der Waals surface area contributed by atoms with Crippen LogP contribution < -0.4 is 10.6 Å². The van der Waals surface area contributed by atoms with Crippen molar-refractivity contribution in [3.05, 3.63) is 0 Å². The summed E-state index contributed by atoms with van der Waals surface area (Å²) in [6.07, 6.45) is 4.07. The van der Waals surface area contributed by atoms with Gasteiger partial charge in [-0.15, -0.1) is 0 Å². The van der Waals surface area contributed by atoms with Crippen molar-refractivity contribution in [1.29, 1.82) is 0 Å². The summed E-state index contributed by atoms with van der Waals surface area (Å²) in [5.41, 5.74) is 0. The van der Waals surface area contributed by atoms with Gasteiger partial charge in [-0.1, -0.05) is 13.3 Å². The zero-order chi connectivity index (χ0) is 11.8. The quantitative estimate of drug-likeness (QED) is 0.668. The summed E-state index contributed by atoms with van der Waals surface area (Å²) in [6, 6.07) is 0. The lowest BCUT2D eigenvalue weighted by atomic mass is 10.1. The van der Waals surface area contributed by atoms with Gasteiger partial charge in [0.05, 0.1) is 6.10 Å². The van der Waals surface area contributed by atoms with E-state index >= 15 is 0 Å². The van der Waals surface area contributed by atoms with Gasteiger partial charge in [0, 0.05) is 6.54 Å². The first-order chi connectivity index (χ1) is 7.74. The molecule has 1 rings (SSSR count). The van der Waals surface area contributed by atoms with Gasteiger partial charge < -0.3 is 15.4 Å². The molecule has 0 aromatic heterocycles. The molecule has 1 aliphatic heterocycles. The highest BCUT2D eigenvalue weighted by Crippen LogP contribution is 2.10. The molecule has 4 heteroatoms. The second-order valence-electron chi connectivity index (χ2n) is 4.37. The largest absolute Gasteiger partial charge is 0.365 e. The molecule has 1 fully saturated rings. The van der Waals surface area contributed by atoms with Gasteiger partial charge in [0.25, 0.3) is 0 Å². The van der Waals surface area contributed by atoms with Gasteiger partial charge in [0.15, 0.2) is 0 Å². The van der Waals surface area contributed by atoms with E-state index in [9.17, 15) is 4.79 Å². The van der Waals surface area contributed by atoms with E-state index in [1.54, 1.807) is 0 Å². The summed E-state index contributed by atoms with van der Waals surface area (Å²) in [5, 5.41) is 6.17. The number of amides is 1. The first-order valence-corrected chi connectivity index (χ1v) is 6.38. The van der Waals surface area contributed by atoms with Crippen molar-refractivity contribution < 1.29 is 9.53 Å². The standard InChI is InChI=1S/C12H24N2O2/c1-3-4-7-14-12(15)10(2)16-11-5-8-13-9-6-11/h10-11,13H,3-9H2,1-2H3,(H,14,15). The smallest absolute Gasteiger partial charge is 0.248 e. The second-order valence-corrected chi connectivity index (χ2v) is 4.37. The van der Waals surface area contributed by atoms with E-state index in [1.165, 1.54) is 0 Å². The third kappa shape index (κ3) is 4.94. The predicted molar refractivity (Wildman–Crippen MR) is 64.4 cm³/mol. The van der Waals surface area contributed by atoms with Crippen molar-refractivity contribution in [3.63, 3.8) is 0 Å². The fraction of sp³-hybridized carbons (Fsp3) is 0.917. The van der Waals surface area contributed by atoms with Gasteiger partial charge in [-0.05, 0) is 39.3 Å². The molecule has 0 saturated carbocycles. The van der Waals surface area contributed by atoms with Crippen LogP contribution >= 0.6 is 0 Å². The molecule has 0 aromatic rings. The number of hydrogen-bond acceptors (Lipinski definition) is 3. The molecule has 1 saturated heterocycles. The van der Waals surface area contributed by atoms with Crippen LogP contribution in [0.25, 0.3) is 0 Å². The molecule has 1 atom stereocenters. The highest BCUT2D eigenvalue weighted by Gasteiger charge is 2.20. The fourth-order valence-corrected chi connectivity index (χ4v) is 1.81. The monoisotopic (exact) mass is 228 g/mol. The highest BCUT2D eigenvalue weighted by atomic mass is 16.5. The molecule has 4 nitrogen and oxygen atoms in total. The zero-order valence-corrected chi connectivity index (χ0v) is 10.4. The number of carbonyl (C=O) groups excluding carboxylic acids is 1. The van der Waals surface area contributed by atoms with E-state index in [0.717, 1.165) is 45.3 Å². The summed E-state index contributed by atoms with van der Waals surface area (Å²) in [4.78, 5) is 11.6. The Hall–Kier alpha value is -0.610. The summed E-state index contributed by atoms with van der Waals surface area (Å²) in [7, 11) is 0. The number of piperidine rings is 1. The second kappa shape index (κ2) is 7.63. The van der Waals surface area contributed by atoms with E-state index in [4.69, 9.17) is 4.74 Å². The lowest BCUT2D eigenvalue weighted by Gasteiger charge is -2.25. The van der Waals surface area contributed by atoms with Crippen LogP contribution in [0.4, 0.5) is 0 Å². The molecule has 0 spiro atoms. The van der Waals surface area contributed by atoms with Crippen molar-refractivity contribution >= 4 is 5.91 Å². The minimum atomic E-state index is -0.319. The number of carbonyl (C=O) groups is 1. The van der Waals surface area contributed by atoms with Gasteiger partial charge in [-0.25, -0.2) is 0 Å². The normalized spacial score (nSPS) is 19.4. The van der Waals surface area contributed by atoms with Crippen molar-refractivity contribution in [2.75, 3.05) is 19.6 Å². The predicted octanol–water partition coefficient (Wildman–Crippen LogP) is 1.06. The number of nitrogens with one attached hydrogen (secondary N) is 2. The Bertz CT molecular complexity index is 203. The number of unbranched alkanes of at least 4 members (excludes halogenated alkanes) is 1. The van der Waals surface area contributed by atoms with E-state index in [1.807, 2.05) is 6.92 Å². The molecule has 2 N–H and O–H groups in total. The van der Waals surface area contributed by atoms with Gasteiger partial charge in [-0.2, -0.15) is 0 Å². The minimum Gasteiger partial charge on any atom is -0.365 e. The van der Waals surface area contributed by atoms with E-state index in [2.05, 4.69) is 17.6 Å². The Morgan fingerprint density at radius 1 is 1.50 bits per heavy atom. The van der Waals surface area contributed by atoms with Crippen LogP contribution in [0.2, 0.25) is 0 Å². The van der Waals surface area contributed by atoms with Crippen LogP contribution in [0, 0.1) is 0 Å². The Labute approximate surface area is 98.1 Å². The minimum absolute atomic E-state index is 0.0204. The molecule has 0 aromatic carbocycles. The lowest BCUT2D eigenvalue weighted by molar-refractivity contribution is -0.136. The van der Waals surface area contributed by atoms with Crippen LogP contribution in [0.1, 0.15) is 39.5 Å². The fourth-order valence-electron chi connectivity index (χ4n) is 1.81. The topological polar surface area (TPSA) is 50.4 Å². The van der Waals surface area contributed by atoms with Crippen molar-refractivity contribution in [3.8, 4) is 0 Å². The van der Waals surface area contributed by atoms with Gasteiger partial charge in [-0.3, -0.25) is 4.79 Å². The lowest BCUT2D eigenvalue weighted by Crippen LogP contribution is -2.40. The molecule has 1 heterocycles. The third-order valence-electron chi connectivity index (χ3n) is 2.88. The maximum Gasteiger partial charge on any atom is 0.248 e. The van der Waals surface area contributed by atoms with Crippen molar-refractivity contribution in [2.24, 2.45) is 0 Å². The molecule has 1 amide bonds. The molecular weight excluding hydrogens is 204 g/mol. The number of ether oxygens (including phenoxy) is 1. The average Bonchev–Trinajstić information content (AvgIpc) is 2.30. The Morgan fingerprint density at radius 2 is 2.19 bits per heavy atom. The Balaban J connectivity index is 2.16. The Kier molecular flexibility index (Phi) is 6.42. The zero-order valence-electron chi connectivity index (χ0n) is 10.4. The van der Waals surface area contributed by atoms with Crippen LogP contribution in [-0.4, -0.2) is 37.7 Å². The molecule has 1 aliphatic rings. The maximum absolute atomic E-state index is 11.6. The van der Waals surface area contributed by atoms with E-state index in [0.29, 0.717) is 0 Å². The van der Waals surface area contributed by atoms with Crippen LogP contribution in [0.15, 0.2) is 0 Å². The molecule has 0 radical (unpaired) electrons. The summed E-state index contributed by atoms with van der Waals surface area (Å²) < 4.78 is 5.73.